The zero-order valence-corrected chi connectivity index (χ0v) is 16.4. The maximum Gasteiger partial charge on any atom is 0.255 e. The number of hydrogen-bond donors (Lipinski definition) is 2. The molecule has 3 aromatic rings. The third-order valence-corrected chi connectivity index (χ3v) is 4.79. The van der Waals surface area contributed by atoms with Gasteiger partial charge in [-0.15, -0.1) is 0 Å². The molecule has 146 valence electrons. The summed E-state index contributed by atoms with van der Waals surface area (Å²) in [5.74, 6) is 0.391. The molecule has 2 amide bonds. The summed E-state index contributed by atoms with van der Waals surface area (Å²) in [6.07, 6.45) is 0.111. The fourth-order valence-electron chi connectivity index (χ4n) is 3.49. The SMILES string of the molecule is CC(C)Oc1ccc(-c2ccc(NC(=O)c3ccccc3)c3c2CNC3=O)cc1. The van der Waals surface area contributed by atoms with Gasteiger partial charge in [0.05, 0.1) is 17.4 Å². The molecule has 4 rings (SSSR count). The average molecular weight is 386 g/mol. The van der Waals surface area contributed by atoms with Crippen molar-refractivity contribution in [1.29, 1.82) is 0 Å². The van der Waals surface area contributed by atoms with Crippen LogP contribution in [0.3, 0.4) is 0 Å². The molecule has 1 heterocycles. The first-order chi connectivity index (χ1) is 14.0. The molecule has 3 aromatic carbocycles. The van der Waals surface area contributed by atoms with Crippen LogP contribution in [0.4, 0.5) is 5.69 Å². The standard InChI is InChI=1S/C24H22N2O3/c1-15(2)29-18-10-8-16(9-11-18)19-12-13-21(22-20(19)14-25-24(22)28)26-23(27)17-6-4-3-5-7-17/h3-13,15H,14H2,1-2H3,(H,25,28)(H,26,27). The van der Waals surface area contributed by atoms with Crippen molar-refractivity contribution in [2.75, 3.05) is 5.32 Å². The maximum atomic E-state index is 12.5. The van der Waals surface area contributed by atoms with Crippen LogP contribution in [-0.4, -0.2) is 17.9 Å². The van der Waals surface area contributed by atoms with Gasteiger partial charge in [-0.25, -0.2) is 0 Å². The second kappa shape index (κ2) is 7.80. The first kappa shape index (κ1) is 18.7. The molecule has 29 heavy (non-hydrogen) atoms. The number of carbonyl (C=O) groups is 2. The lowest BCUT2D eigenvalue weighted by Gasteiger charge is -2.14. The zero-order chi connectivity index (χ0) is 20.4. The summed E-state index contributed by atoms with van der Waals surface area (Å²) in [4.78, 5) is 25.0. The molecular formula is C24H22N2O3. The number of nitrogens with one attached hydrogen (secondary N) is 2. The van der Waals surface area contributed by atoms with E-state index in [0.717, 1.165) is 22.4 Å². The molecule has 0 bridgehead atoms. The summed E-state index contributed by atoms with van der Waals surface area (Å²) in [5.41, 5.74) is 4.44. The number of benzene rings is 3. The largest absolute Gasteiger partial charge is 0.491 e. The van der Waals surface area contributed by atoms with Crippen LogP contribution in [0, 0.1) is 0 Å². The van der Waals surface area contributed by atoms with Gasteiger partial charge < -0.3 is 15.4 Å². The molecule has 2 N–H and O–H groups in total. The van der Waals surface area contributed by atoms with Gasteiger partial charge in [0.25, 0.3) is 11.8 Å². The normalized spacial score (nSPS) is 12.4. The summed E-state index contributed by atoms with van der Waals surface area (Å²) < 4.78 is 5.71. The minimum atomic E-state index is -0.240. The highest BCUT2D eigenvalue weighted by atomic mass is 16.5. The quantitative estimate of drug-likeness (QED) is 0.671. The lowest BCUT2D eigenvalue weighted by atomic mass is 9.95. The van der Waals surface area contributed by atoms with E-state index in [2.05, 4.69) is 10.6 Å². The molecule has 0 fully saturated rings. The van der Waals surface area contributed by atoms with Crippen molar-refractivity contribution in [2.45, 2.75) is 26.5 Å². The minimum absolute atomic E-state index is 0.111. The number of ether oxygens (including phenoxy) is 1. The third kappa shape index (κ3) is 3.85. The molecule has 0 spiro atoms. The van der Waals surface area contributed by atoms with Crippen LogP contribution in [0.5, 0.6) is 5.75 Å². The van der Waals surface area contributed by atoms with Gasteiger partial charge in [-0.1, -0.05) is 36.4 Å². The Balaban J connectivity index is 1.67. The van der Waals surface area contributed by atoms with E-state index in [1.54, 1.807) is 18.2 Å². The average Bonchev–Trinajstić information content (AvgIpc) is 3.11. The lowest BCUT2D eigenvalue weighted by Crippen LogP contribution is -2.17. The van der Waals surface area contributed by atoms with Gasteiger partial charge in [-0.05, 0) is 60.9 Å². The van der Waals surface area contributed by atoms with Crippen LogP contribution in [0.25, 0.3) is 11.1 Å². The van der Waals surface area contributed by atoms with Gasteiger partial charge >= 0.3 is 0 Å². The Kier molecular flexibility index (Phi) is 5.04. The lowest BCUT2D eigenvalue weighted by molar-refractivity contribution is 0.0966. The number of fused-ring (bicyclic) bond motifs is 1. The van der Waals surface area contributed by atoms with E-state index in [1.165, 1.54) is 0 Å². The van der Waals surface area contributed by atoms with Crippen molar-refractivity contribution >= 4 is 17.5 Å². The van der Waals surface area contributed by atoms with Crippen LogP contribution in [0.1, 0.15) is 40.1 Å². The van der Waals surface area contributed by atoms with Gasteiger partial charge in [0.1, 0.15) is 5.75 Å². The Morgan fingerprint density at radius 3 is 2.41 bits per heavy atom. The number of rotatable bonds is 5. The monoisotopic (exact) mass is 386 g/mol. The topological polar surface area (TPSA) is 67.4 Å². The number of carbonyl (C=O) groups excluding carboxylic acids is 2. The number of amides is 2. The molecule has 0 atom stereocenters. The maximum absolute atomic E-state index is 12.5. The van der Waals surface area contributed by atoms with Crippen LogP contribution < -0.4 is 15.4 Å². The molecule has 0 saturated carbocycles. The molecule has 5 heteroatoms. The second-order valence-electron chi connectivity index (χ2n) is 7.21. The summed E-state index contributed by atoms with van der Waals surface area (Å²) in [5, 5.41) is 5.75. The van der Waals surface area contributed by atoms with Gasteiger partial charge in [-0.3, -0.25) is 9.59 Å². The van der Waals surface area contributed by atoms with E-state index in [1.807, 2.05) is 62.4 Å². The molecule has 0 aromatic heterocycles. The Morgan fingerprint density at radius 1 is 1.00 bits per heavy atom. The van der Waals surface area contributed by atoms with E-state index < -0.39 is 0 Å². The highest BCUT2D eigenvalue weighted by molar-refractivity contribution is 6.11. The van der Waals surface area contributed by atoms with Gasteiger partial charge in [0.2, 0.25) is 0 Å². The number of hydrogen-bond acceptors (Lipinski definition) is 3. The molecular weight excluding hydrogens is 364 g/mol. The van der Waals surface area contributed by atoms with E-state index in [9.17, 15) is 9.59 Å². The Morgan fingerprint density at radius 2 is 1.72 bits per heavy atom. The van der Waals surface area contributed by atoms with Crippen LogP contribution in [0.15, 0.2) is 66.7 Å². The highest BCUT2D eigenvalue weighted by Crippen LogP contribution is 2.35. The van der Waals surface area contributed by atoms with Crippen molar-refractivity contribution in [3.05, 3.63) is 83.4 Å². The van der Waals surface area contributed by atoms with E-state index in [-0.39, 0.29) is 17.9 Å². The van der Waals surface area contributed by atoms with Crippen molar-refractivity contribution in [2.24, 2.45) is 0 Å². The van der Waals surface area contributed by atoms with Gasteiger partial charge in [0, 0.05) is 12.1 Å². The fraction of sp³-hybridized carbons (Fsp3) is 0.167. The number of anilines is 1. The second-order valence-corrected chi connectivity index (χ2v) is 7.21. The molecule has 0 saturated heterocycles. The summed E-state index contributed by atoms with van der Waals surface area (Å²) in [6.45, 7) is 4.41. The molecule has 0 unspecified atom stereocenters. The predicted octanol–water partition coefficient (Wildman–Crippen LogP) is 4.64. The summed E-state index contributed by atoms with van der Waals surface area (Å²) in [6, 6.07) is 20.5. The van der Waals surface area contributed by atoms with Crippen molar-refractivity contribution < 1.29 is 14.3 Å². The highest BCUT2D eigenvalue weighted by Gasteiger charge is 2.26. The zero-order valence-electron chi connectivity index (χ0n) is 16.4. The Bertz CT molecular complexity index is 1060. The van der Waals surface area contributed by atoms with Crippen LogP contribution in [-0.2, 0) is 6.54 Å². The van der Waals surface area contributed by atoms with Gasteiger partial charge in [-0.2, -0.15) is 0 Å². The van der Waals surface area contributed by atoms with Crippen LogP contribution >= 0.6 is 0 Å². The smallest absolute Gasteiger partial charge is 0.255 e. The van der Waals surface area contributed by atoms with Gasteiger partial charge in [0.15, 0.2) is 0 Å². The summed E-state index contributed by atoms with van der Waals surface area (Å²) >= 11 is 0. The third-order valence-electron chi connectivity index (χ3n) is 4.79. The molecule has 1 aliphatic heterocycles. The van der Waals surface area contributed by atoms with Crippen molar-refractivity contribution in [3.63, 3.8) is 0 Å². The predicted molar refractivity (Wildman–Crippen MR) is 113 cm³/mol. The molecule has 5 nitrogen and oxygen atoms in total. The van der Waals surface area contributed by atoms with Crippen molar-refractivity contribution in [1.82, 2.24) is 5.32 Å². The first-order valence-electron chi connectivity index (χ1n) is 9.60. The van der Waals surface area contributed by atoms with E-state index in [4.69, 9.17) is 4.74 Å². The molecule has 0 radical (unpaired) electrons. The van der Waals surface area contributed by atoms with E-state index in [0.29, 0.717) is 23.4 Å². The fourth-order valence-corrected chi connectivity index (χ4v) is 3.49. The first-order valence-corrected chi connectivity index (χ1v) is 9.60. The van der Waals surface area contributed by atoms with Crippen LogP contribution in [0.2, 0.25) is 0 Å². The molecule has 0 aliphatic carbocycles. The Labute approximate surface area is 169 Å². The van der Waals surface area contributed by atoms with E-state index >= 15 is 0 Å². The minimum Gasteiger partial charge on any atom is -0.491 e. The Hall–Kier alpha value is -3.60. The summed E-state index contributed by atoms with van der Waals surface area (Å²) in [7, 11) is 0. The van der Waals surface area contributed by atoms with Crippen molar-refractivity contribution in [3.8, 4) is 16.9 Å². The molecule has 1 aliphatic rings.